The summed E-state index contributed by atoms with van der Waals surface area (Å²) in [5, 5.41) is 3.28. The monoisotopic (exact) mass is 436 g/mol. The van der Waals surface area contributed by atoms with Gasteiger partial charge in [0.2, 0.25) is 6.79 Å². The Morgan fingerprint density at radius 1 is 1.23 bits per heavy atom. The van der Waals surface area contributed by atoms with Crippen LogP contribution in [0.4, 0.5) is 4.79 Å². The van der Waals surface area contributed by atoms with E-state index < -0.39 is 11.6 Å². The van der Waals surface area contributed by atoms with Gasteiger partial charge < -0.3 is 14.8 Å². The summed E-state index contributed by atoms with van der Waals surface area (Å²) in [5.41, 5.74) is 0.217. The molecule has 6 nitrogen and oxygen atoms in total. The molecule has 2 aromatic rings. The van der Waals surface area contributed by atoms with Gasteiger partial charge in [0, 0.05) is 9.50 Å². The minimum atomic E-state index is -1.16. The Morgan fingerprint density at radius 3 is 2.69 bits per heavy atom. The Labute approximate surface area is 163 Å². The predicted octanol–water partition coefficient (Wildman–Crippen LogP) is 3.80. The molecular formula is C18H14BrClN2O4. The van der Waals surface area contributed by atoms with E-state index in [1.165, 1.54) is 4.90 Å². The summed E-state index contributed by atoms with van der Waals surface area (Å²) < 4.78 is 11.4. The van der Waals surface area contributed by atoms with Crippen LogP contribution in [0.5, 0.6) is 11.5 Å². The summed E-state index contributed by atoms with van der Waals surface area (Å²) in [6, 6.07) is 10.00. The molecule has 0 spiro atoms. The number of amides is 3. The van der Waals surface area contributed by atoms with Crippen LogP contribution in [0.2, 0.25) is 5.02 Å². The van der Waals surface area contributed by atoms with Gasteiger partial charge in [-0.2, -0.15) is 0 Å². The highest BCUT2D eigenvalue weighted by atomic mass is 79.9. The van der Waals surface area contributed by atoms with Gasteiger partial charge in [-0.3, -0.25) is 9.69 Å². The summed E-state index contributed by atoms with van der Waals surface area (Å²) in [6.07, 6.45) is 0. The largest absolute Gasteiger partial charge is 0.454 e. The number of imide groups is 1. The molecule has 0 aromatic heterocycles. The molecule has 4 rings (SSSR count). The summed E-state index contributed by atoms with van der Waals surface area (Å²) in [5.74, 6) is 0.879. The summed E-state index contributed by atoms with van der Waals surface area (Å²) in [7, 11) is 0. The van der Waals surface area contributed by atoms with Crippen molar-refractivity contribution in [2.24, 2.45) is 0 Å². The van der Waals surface area contributed by atoms with Crippen LogP contribution in [0.15, 0.2) is 40.9 Å². The molecule has 3 amide bonds. The molecule has 8 heteroatoms. The second-order valence-electron chi connectivity index (χ2n) is 6.25. The number of ether oxygens (including phenoxy) is 2. The van der Waals surface area contributed by atoms with Crippen molar-refractivity contribution in [1.82, 2.24) is 10.2 Å². The van der Waals surface area contributed by atoms with Gasteiger partial charge in [0.15, 0.2) is 11.5 Å². The Hall–Kier alpha value is -2.25. The number of nitrogens with one attached hydrogen (secondary N) is 1. The first-order valence-electron chi connectivity index (χ1n) is 7.86. The van der Waals surface area contributed by atoms with E-state index in [1.807, 2.05) is 0 Å². The Kier molecular flexibility index (Phi) is 4.08. The molecule has 1 saturated heterocycles. The lowest BCUT2D eigenvalue weighted by atomic mass is 9.92. The van der Waals surface area contributed by atoms with E-state index in [4.69, 9.17) is 21.1 Å². The Balaban J connectivity index is 1.64. The third kappa shape index (κ3) is 2.71. The van der Waals surface area contributed by atoms with Crippen molar-refractivity contribution in [2.45, 2.75) is 19.0 Å². The van der Waals surface area contributed by atoms with Gasteiger partial charge in [-0.25, -0.2) is 4.79 Å². The van der Waals surface area contributed by atoms with Gasteiger partial charge in [-0.1, -0.05) is 39.7 Å². The average molecular weight is 438 g/mol. The standard InChI is InChI=1S/C18H14BrClN2O4/c1-18(11-3-2-4-12(20)6-11)16(23)22(17(24)21-18)8-10-5-14-15(7-13(10)19)26-9-25-14/h2-7H,8-9H2,1H3,(H,21,24). The molecule has 1 unspecified atom stereocenters. The third-order valence-electron chi connectivity index (χ3n) is 4.55. The summed E-state index contributed by atoms with van der Waals surface area (Å²) >= 11 is 9.50. The van der Waals surface area contributed by atoms with Gasteiger partial charge in [-0.05, 0) is 42.3 Å². The van der Waals surface area contributed by atoms with Crippen LogP contribution in [-0.4, -0.2) is 23.6 Å². The minimum absolute atomic E-state index is 0.109. The van der Waals surface area contributed by atoms with E-state index in [2.05, 4.69) is 21.2 Å². The molecule has 134 valence electrons. The van der Waals surface area contributed by atoms with Crippen molar-refractivity contribution in [3.05, 3.63) is 57.0 Å². The van der Waals surface area contributed by atoms with Gasteiger partial charge in [-0.15, -0.1) is 0 Å². The highest BCUT2D eigenvalue weighted by molar-refractivity contribution is 9.10. The van der Waals surface area contributed by atoms with Crippen molar-refractivity contribution >= 4 is 39.5 Å². The number of carbonyl (C=O) groups is 2. The van der Waals surface area contributed by atoms with Crippen LogP contribution in [0.25, 0.3) is 0 Å². The SMILES string of the molecule is CC1(c2cccc(Cl)c2)NC(=O)N(Cc2cc3c(cc2Br)OCO3)C1=O. The first-order valence-corrected chi connectivity index (χ1v) is 9.04. The number of urea groups is 1. The molecule has 0 saturated carbocycles. The van der Waals surface area contributed by atoms with E-state index in [0.29, 0.717) is 22.1 Å². The van der Waals surface area contributed by atoms with Crippen LogP contribution in [0, 0.1) is 0 Å². The highest BCUT2D eigenvalue weighted by Gasteiger charge is 2.49. The summed E-state index contributed by atoms with van der Waals surface area (Å²) in [4.78, 5) is 26.7. The number of benzene rings is 2. The molecule has 26 heavy (non-hydrogen) atoms. The van der Waals surface area contributed by atoms with Crippen LogP contribution >= 0.6 is 27.5 Å². The number of carbonyl (C=O) groups excluding carboxylic acids is 2. The molecule has 2 aliphatic rings. The molecule has 0 bridgehead atoms. The second kappa shape index (κ2) is 6.17. The maximum absolute atomic E-state index is 13.0. The average Bonchev–Trinajstić information content (AvgIpc) is 3.13. The number of hydrogen-bond acceptors (Lipinski definition) is 4. The minimum Gasteiger partial charge on any atom is -0.454 e. The van der Waals surface area contributed by atoms with E-state index in [0.717, 1.165) is 10.0 Å². The van der Waals surface area contributed by atoms with Crippen LogP contribution in [0.3, 0.4) is 0 Å². The zero-order valence-corrected chi connectivity index (χ0v) is 16.1. The Bertz CT molecular complexity index is 935. The quantitative estimate of drug-likeness (QED) is 0.742. The number of rotatable bonds is 3. The number of hydrogen-bond donors (Lipinski definition) is 1. The summed E-state index contributed by atoms with van der Waals surface area (Å²) in [6.45, 7) is 1.94. The van der Waals surface area contributed by atoms with Gasteiger partial charge in [0.1, 0.15) is 5.54 Å². The van der Waals surface area contributed by atoms with Crippen molar-refractivity contribution in [1.29, 1.82) is 0 Å². The normalized spacial score (nSPS) is 21.3. The van der Waals surface area contributed by atoms with Gasteiger partial charge >= 0.3 is 6.03 Å². The van der Waals surface area contributed by atoms with Crippen LogP contribution in [-0.2, 0) is 16.9 Å². The van der Waals surface area contributed by atoms with Gasteiger partial charge in [0.25, 0.3) is 5.91 Å². The molecule has 0 radical (unpaired) electrons. The zero-order chi connectivity index (χ0) is 18.5. The lowest BCUT2D eigenvalue weighted by Crippen LogP contribution is -2.40. The first-order chi connectivity index (χ1) is 12.4. The maximum atomic E-state index is 13.0. The topological polar surface area (TPSA) is 67.9 Å². The third-order valence-corrected chi connectivity index (χ3v) is 5.52. The van der Waals surface area contributed by atoms with E-state index >= 15 is 0 Å². The Morgan fingerprint density at radius 2 is 1.96 bits per heavy atom. The molecule has 1 fully saturated rings. The van der Waals surface area contributed by atoms with Crippen molar-refractivity contribution < 1.29 is 19.1 Å². The van der Waals surface area contributed by atoms with E-state index in [-0.39, 0.29) is 19.2 Å². The number of fused-ring (bicyclic) bond motifs is 1. The zero-order valence-electron chi connectivity index (χ0n) is 13.7. The molecule has 2 aromatic carbocycles. The fourth-order valence-electron chi connectivity index (χ4n) is 3.09. The second-order valence-corrected chi connectivity index (χ2v) is 7.54. The van der Waals surface area contributed by atoms with E-state index in [9.17, 15) is 9.59 Å². The van der Waals surface area contributed by atoms with Crippen LogP contribution < -0.4 is 14.8 Å². The highest BCUT2D eigenvalue weighted by Crippen LogP contribution is 2.38. The lowest BCUT2D eigenvalue weighted by Gasteiger charge is -2.22. The smallest absolute Gasteiger partial charge is 0.325 e. The van der Waals surface area contributed by atoms with E-state index in [1.54, 1.807) is 43.3 Å². The van der Waals surface area contributed by atoms with Crippen molar-refractivity contribution in [3.8, 4) is 11.5 Å². The molecule has 0 aliphatic carbocycles. The van der Waals surface area contributed by atoms with Crippen LogP contribution in [0.1, 0.15) is 18.1 Å². The fraction of sp³-hybridized carbons (Fsp3) is 0.222. The molecule has 1 N–H and O–H groups in total. The van der Waals surface area contributed by atoms with Crippen molar-refractivity contribution in [3.63, 3.8) is 0 Å². The first kappa shape index (κ1) is 17.2. The molecule has 2 aliphatic heterocycles. The van der Waals surface area contributed by atoms with Crippen molar-refractivity contribution in [2.75, 3.05) is 6.79 Å². The molecule has 2 heterocycles. The number of halogens is 2. The number of nitrogens with zero attached hydrogens (tertiary/aromatic N) is 1. The molecule has 1 atom stereocenters. The lowest BCUT2D eigenvalue weighted by molar-refractivity contribution is -0.131. The van der Waals surface area contributed by atoms with Gasteiger partial charge in [0.05, 0.1) is 6.54 Å². The maximum Gasteiger partial charge on any atom is 0.325 e. The molecular weight excluding hydrogens is 424 g/mol. The fourth-order valence-corrected chi connectivity index (χ4v) is 3.72. The predicted molar refractivity (Wildman–Crippen MR) is 98.2 cm³/mol.